The van der Waals surface area contributed by atoms with Crippen molar-refractivity contribution in [2.75, 3.05) is 13.4 Å². The normalized spacial score (nSPS) is 11.6. The Bertz CT molecular complexity index is 565. The standard InChI is InChI=1S/C15H12O3/c16-10-6-4-2-1-3-5-7-13-8-9-14-15(11-13)18-12-17-14/h1,3,8-9,11,16H,6,10,12H2/b3-1+. The number of benzene rings is 1. The maximum absolute atomic E-state index is 8.52. The zero-order valence-corrected chi connectivity index (χ0v) is 9.77. The molecule has 1 aliphatic rings. The Kier molecular flexibility index (Phi) is 4.30. The predicted molar refractivity (Wildman–Crippen MR) is 68.1 cm³/mol. The first-order valence-corrected chi connectivity index (χ1v) is 5.55. The molecule has 0 saturated carbocycles. The molecule has 0 spiro atoms. The number of allylic oxidation sites excluding steroid dienone is 2. The Morgan fingerprint density at radius 2 is 2.00 bits per heavy atom. The fourth-order valence-corrected chi connectivity index (χ4v) is 1.37. The lowest BCUT2D eigenvalue weighted by atomic mass is 10.2. The first-order chi connectivity index (χ1) is 8.90. The molecule has 2 rings (SSSR count). The van der Waals surface area contributed by atoms with Gasteiger partial charge in [-0.05, 0) is 30.4 Å². The average molecular weight is 240 g/mol. The molecule has 0 aromatic heterocycles. The Morgan fingerprint density at radius 1 is 1.17 bits per heavy atom. The van der Waals surface area contributed by atoms with E-state index in [9.17, 15) is 0 Å². The minimum atomic E-state index is 0.0870. The maximum atomic E-state index is 8.52. The monoisotopic (exact) mass is 240 g/mol. The van der Waals surface area contributed by atoms with Gasteiger partial charge in [-0.1, -0.05) is 23.7 Å². The highest BCUT2D eigenvalue weighted by Gasteiger charge is 2.11. The first kappa shape index (κ1) is 12.1. The molecule has 0 fully saturated rings. The lowest BCUT2D eigenvalue weighted by molar-refractivity contribution is 0.174. The summed E-state index contributed by atoms with van der Waals surface area (Å²) in [6.07, 6.45) is 3.82. The molecule has 0 saturated heterocycles. The molecule has 1 aromatic rings. The van der Waals surface area contributed by atoms with Crippen LogP contribution in [-0.2, 0) is 0 Å². The molecule has 1 heterocycles. The summed E-state index contributed by atoms with van der Waals surface area (Å²) in [5, 5.41) is 8.52. The van der Waals surface area contributed by atoms with Gasteiger partial charge in [0, 0.05) is 12.0 Å². The van der Waals surface area contributed by atoms with Crippen molar-refractivity contribution in [3.05, 3.63) is 35.9 Å². The van der Waals surface area contributed by atoms with Crippen LogP contribution < -0.4 is 9.47 Å². The highest BCUT2D eigenvalue weighted by atomic mass is 16.7. The Morgan fingerprint density at radius 3 is 2.89 bits per heavy atom. The molecular weight excluding hydrogens is 228 g/mol. The number of rotatable bonds is 1. The molecule has 90 valence electrons. The van der Waals surface area contributed by atoms with Gasteiger partial charge in [0.25, 0.3) is 0 Å². The number of fused-ring (bicyclic) bond motifs is 1. The molecule has 3 nitrogen and oxygen atoms in total. The SMILES string of the molecule is OCCC#C/C=C/C#Cc1ccc2c(c1)OCO2. The van der Waals surface area contributed by atoms with Crippen LogP contribution in [0.25, 0.3) is 0 Å². The first-order valence-electron chi connectivity index (χ1n) is 5.55. The Hall–Kier alpha value is -2.36. The van der Waals surface area contributed by atoms with E-state index in [0.29, 0.717) is 6.42 Å². The smallest absolute Gasteiger partial charge is 0.231 e. The molecule has 0 atom stereocenters. The highest BCUT2D eigenvalue weighted by molar-refractivity contribution is 5.50. The van der Waals surface area contributed by atoms with E-state index in [1.165, 1.54) is 0 Å². The van der Waals surface area contributed by atoms with Crippen LogP contribution in [0.2, 0.25) is 0 Å². The van der Waals surface area contributed by atoms with Gasteiger partial charge in [0.05, 0.1) is 6.61 Å². The molecule has 3 heteroatoms. The van der Waals surface area contributed by atoms with Gasteiger partial charge in [0.2, 0.25) is 6.79 Å². The van der Waals surface area contributed by atoms with Crippen molar-refractivity contribution in [1.82, 2.24) is 0 Å². The van der Waals surface area contributed by atoms with Crippen LogP contribution >= 0.6 is 0 Å². The van der Waals surface area contributed by atoms with Crippen LogP contribution in [0.4, 0.5) is 0 Å². The van der Waals surface area contributed by atoms with Crippen LogP contribution in [0.3, 0.4) is 0 Å². The lowest BCUT2D eigenvalue weighted by Gasteiger charge is -1.94. The van der Waals surface area contributed by atoms with Gasteiger partial charge in [-0.25, -0.2) is 0 Å². The third-order valence-corrected chi connectivity index (χ3v) is 2.18. The minimum Gasteiger partial charge on any atom is -0.454 e. The molecular formula is C15H12O3. The van der Waals surface area contributed by atoms with Gasteiger partial charge < -0.3 is 14.6 Å². The highest BCUT2D eigenvalue weighted by Crippen LogP contribution is 2.32. The molecule has 0 radical (unpaired) electrons. The molecule has 0 aliphatic carbocycles. The second-order valence-corrected chi connectivity index (χ2v) is 3.47. The molecule has 0 bridgehead atoms. The van der Waals surface area contributed by atoms with E-state index in [1.54, 1.807) is 12.2 Å². The number of aliphatic hydroxyl groups is 1. The van der Waals surface area contributed by atoms with Gasteiger partial charge in [-0.15, -0.1) is 0 Å². The second-order valence-electron chi connectivity index (χ2n) is 3.47. The number of ether oxygens (including phenoxy) is 2. The third kappa shape index (κ3) is 3.31. The summed E-state index contributed by atoms with van der Waals surface area (Å²) < 4.78 is 10.5. The third-order valence-electron chi connectivity index (χ3n) is 2.18. The number of hydrogen-bond donors (Lipinski definition) is 1. The van der Waals surface area contributed by atoms with Crippen LogP contribution in [-0.4, -0.2) is 18.5 Å². The molecule has 1 aliphatic heterocycles. The van der Waals surface area contributed by atoms with E-state index < -0.39 is 0 Å². The maximum Gasteiger partial charge on any atom is 0.231 e. The topological polar surface area (TPSA) is 38.7 Å². The summed E-state index contributed by atoms with van der Waals surface area (Å²) in [6, 6.07) is 5.57. The molecule has 0 amide bonds. The quantitative estimate of drug-likeness (QED) is 0.759. The van der Waals surface area contributed by atoms with Crippen molar-refractivity contribution in [3.63, 3.8) is 0 Å². The van der Waals surface area contributed by atoms with Gasteiger partial charge in [-0.3, -0.25) is 0 Å². The summed E-state index contributed by atoms with van der Waals surface area (Å²) in [4.78, 5) is 0. The van der Waals surface area contributed by atoms with E-state index in [4.69, 9.17) is 14.6 Å². The Balaban J connectivity index is 1.96. The summed E-state index contributed by atoms with van der Waals surface area (Å²) in [7, 11) is 0. The van der Waals surface area contributed by atoms with E-state index in [1.807, 2.05) is 18.2 Å². The van der Waals surface area contributed by atoms with E-state index >= 15 is 0 Å². The molecule has 1 aromatic carbocycles. The van der Waals surface area contributed by atoms with Crippen LogP contribution in [0.15, 0.2) is 30.4 Å². The van der Waals surface area contributed by atoms with Gasteiger partial charge in [-0.2, -0.15) is 0 Å². The number of aliphatic hydroxyl groups excluding tert-OH is 1. The van der Waals surface area contributed by atoms with Crippen LogP contribution in [0.1, 0.15) is 12.0 Å². The lowest BCUT2D eigenvalue weighted by Crippen LogP contribution is -1.92. The van der Waals surface area contributed by atoms with Crippen molar-refractivity contribution in [2.24, 2.45) is 0 Å². The van der Waals surface area contributed by atoms with Crippen molar-refractivity contribution in [3.8, 4) is 35.2 Å². The molecule has 18 heavy (non-hydrogen) atoms. The minimum absolute atomic E-state index is 0.0870. The summed E-state index contributed by atoms with van der Waals surface area (Å²) >= 11 is 0. The largest absolute Gasteiger partial charge is 0.454 e. The number of hydrogen-bond acceptors (Lipinski definition) is 3. The van der Waals surface area contributed by atoms with Crippen LogP contribution in [0, 0.1) is 23.7 Å². The van der Waals surface area contributed by atoms with E-state index in [0.717, 1.165) is 17.1 Å². The fraction of sp³-hybridized carbons (Fsp3) is 0.200. The van der Waals surface area contributed by atoms with Crippen molar-refractivity contribution >= 4 is 0 Å². The van der Waals surface area contributed by atoms with E-state index in [2.05, 4.69) is 23.7 Å². The molecule has 1 N–H and O–H groups in total. The van der Waals surface area contributed by atoms with Crippen LogP contribution in [0.5, 0.6) is 11.5 Å². The summed E-state index contributed by atoms with van der Waals surface area (Å²) in [6.45, 7) is 0.357. The van der Waals surface area contributed by atoms with E-state index in [-0.39, 0.29) is 13.4 Å². The fourth-order valence-electron chi connectivity index (χ4n) is 1.37. The zero-order chi connectivity index (χ0) is 12.6. The second kappa shape index (κ2) is 6.39. The summed E-state index contributed by atoms with van der Waals surface area (Å²) in [5.41, 5.74) is 0.868. The van der Waals surface area contributed by atoms with Gasteiger partial charge in [0.1, 0.15) is 0 Å². The van der Waals surface area contributed by atoms with Gasteiger partial charge in [0.15, 0.2) is 11.5 Å². The average Bonchev–Trinajstić information content (AvgIpc) is 2.85. The van der Waals surface area contributed by atoms with Crippen molar-refractivity contribution in [1.29, 1.82) is 0 Å². The van der Waals surface area contributed by atoms with Crippen molar-refractivity contribution < 1.29 is 14.6 Å². The zero-order valence-electron chi connectivity index (χ0n) is 9.77. The molecule has 0 unspecified atom stereocenters. The predicted octanol–water partition coefficient (Wildman–Crippen LogP) is 1.71. The van der Waals surface area contributed by atoms with Crippen molar-refractivity contribution in [2.45, 2.75) is 6.42 Å². The summed E-state index contributed by atoms with van der Waals surface area (Å²) in [5.74, 6) is 12.9. The van der Waals surface area contributed by atoms with Gasteiger partial charge >= 0.3 is 0 Å². The Labute approximate surface area is 106 Å².